The van der Waals surface area contributed by atoms with Gasteiger partial charge in [0.05, 0.1) is 21.8 Å². The highest BCUT2D eigenvalue weighted by molar-refractivity contribution is 9.10. The number of amides is 1. The molecule has 1 aliphatic rings. The van der Waals surface area contributed by atoms with Crippen LogP contribution in [-0.2, 0) is 0 Å². The molecule has 4 rings (SSSR count). The molecule has 0 saturated heterocycles. The average molecular weight is 456 g/mol. The van der Waals surface area contributed by atoms with Crippen LogP contribution in [0.4, 0.5) is 11.4 Å². The van der Waals surface area contributed by atoms with Gasteiger partial charge in [0, 0.05) is 26.9 Å². The van der Waals surface area contributed by atoms with Crippen LogP contribution >= 0.6 is 27.5 Å². The lowest BCUT2D eigenvalue weighted by Crippen LogP contribution is -2.25. The van der Waals surface area contributed by atoms with Crippen molar-refractivity contribution in [3.05, 3.63) is 91.9 Å². The monoisotopic (exact) mass is 454 g/mol. The van der Waals surface area contributed by atoms with Crippen LogP contribution in [0.25, 0.3) is 0 Å². The summed E-state index contributed by atoms with van der Waals surface area (Å²) in [6.07, 6.45) is 0. The van der Waals surface area contributed by atoms with Gasteiger partial charge in [-0.05, 0) is 52.3 Å². The molecule has 0 aliphatic heterocycles. The van der Waals surface area contributed by atoms with Gasteiger partial charge in [-0.25, -0.2) is 0 Å². The maximum atomic E-state index is 13.2. The van der Waals surface area contributed by atoms with E-state index in [9.17, 15) is 14.4 Å². The minimum absolute atomic E-state index is 0.0711. The van der Waals surface area contributed by atoms with E-state index in [4.69, 9.17) is 17.3 Å². The number of halogens is 2. The average Bonchev–Trinajstić information content (AvgIpc) is 2.69. The van der Waals surface area contributed by atoms with E-state index in [1.165, 1.54) is 24.3 Å². The Hall–Kier alpha value is -2.96. The molecular weight excluding hydrogens is 444 g/mol. The van der Waals surface area contributed by atoms with Crippen molar-refractivity contribution >= 4 is 56.4 Å². The summed E-state index contributed by atoms with van der Waals surface area (Å²) < 4.78 is 0.497. The van der Waals surface area contributed by atoms with Crippen LogP contribution in [0.5, 0.6) is 0 Å². The van der Waals surface area contributed by atoms with Crippen LogP contribution in [0, 0.1) is 0 Å². The van der Waals surface area contributed by atoms with Gasteiger partial charge in [0.2, 0.25) is 0 Å². The molecule has 0 fully saturated rings. The smallest absolute Gasteiger partial charge is 0.255 e. The fourth-order valence-corrected chi connectivity index (χ4v) is 3.69. The highest BCUT2D eigenvalue weighted by Gasteiger charge is 2.34. The van der Waals surface area contributed by atoms with Crippen molar-refractivity contribution in [1.29, 1.82) is 0 Å². The number of anilines is 2. The standard InChI is InChI=1S/C21H12BrClN2O3/c22-13-8-11-12(9-14(13)23)19(26)17-15(24)6-7-16(18(17)20(11)27)25-21(28)10-4-2-1-3-5-10/h1-9H,24H2,(H,25,28). The first-order chi connectivity index (χ1) is 13.4. The highest BCUT2D eigenvalue weighted by Crippen LogP contribution is 2.38. The molecule has 0 unspecified atom stereocenters. The lowest BCUT2D eigenvalue weighted by Gasteiger charge is -2.22. The summed E-state index contributed by atoms with van der Waals surface area (Å²) >= 11 is 9.37. The molecule has 0 radical (unpaired) electrons. The van der Waals surface area contributed by atoms with Crippen molar-refractivity contribution < 1.29 is 14.4 Å². The van der Waals surface area contributed by atoms with Crippen LogP contribution in [0.3, 0.4) is 0 Å². The van der Waals surface area contributed by atoms with Crippen molar-refractivity contribution in [2.24, 2.45) is 0 Å². The maximum absolute atomic E-state index is 13.2. The second-order valence-corrected chi connectivity index (χ2v) is 7.50. The molecule has 3 aromatic carbocycles. The number of ketones is 2. The number of nitrogens with two attached hydrogens (primary N) is 1. The van der Waals surface area contributed by atoms with Gasteiger partial charge in [-0.2, -0.15) is 0 Å². The second-order valence-electron chi connectivity index (χ2n) is 6.24. The SMILES string of the molecule is Nc1ccc(NC(=O)c2ccccc2)c2c1C(=O)c1cc(Cl)c(Br)cc1C2=O. The van der Waals surface area contributed by atoms with E-state index < -0.39 is 17.5 Å². The largest absolute Gasteiger partial charge is 0.398 e. The molecular formula is C21H12BrClN2O3. The lowest BCUT2D eigenvalue weighted by atomic mass is 9.82. The zero-order valence-corrected chi connectivity index (χ0v) is 16.6. The minimum atomic E-state index is -0.410. The fourth-order valence-electron chi connectivity index (χ4n) is 3.18. The summed E-state index contributed by atoms with van der Waals surface area (Å²) in [5, 5.41) is 3.03. The molecule has 1 aliphatic carbocycles. The molecule has 28 heavy (non-hydrogen) atoms. The molecule has 0 heterocycles. The Morgan fingerprint density at radius 1 is 0.929 bits per heavy atom. The first kappa shape index (κ1) is 18.4. The number of carbonyl (C=O) groups is 3. The van der Waals surface area contributed by atoms with Crippen molar-refractivity contribution in [3.63, 3.8) is 0 Å². The van der Waals surface area contributed by atoms with E-state index >= 15 is 0 Å². The fraction of sp³-hybridized carbons (Fsp3) is 0. The number of carbonyl (C=O) groups excluding carboxylic acids is 3. The van der Waals surface area contributed by atoms with E-state index in [1.54, 1.807) is 30.3 Å². The van der Waals surface area contributed by atoms with E-state index in [0.717, 1.165) is 0 Å². The van der Waals surface area contributed by atoms with Crippen LogP contribution in [0.15, 0.2) is 59.1 Å². The van der Waals surface area contributed by atoms with Gasteiger partial charge < -0.3 is 11.1 Å². The number of hydrogen-bond donors (Lipinski definition) is 2. The second kappa shape index (κ2) is 6.89. The molecule has 0 aromatic heterocycles. The third-order valence-corrected chi connectivity index (χ3v) is 5.72. The highest BCUT2D eigenvalue weighted by atomic mass is 79.9. The van der Waals surface area contributed by atoms with Gasteiger partial charge in [0.25, 0.3) is 5.91 Å². The molecule has 0 bridgehead atoms. The lowest BCUT2D eigenvalue weighted by molar-refractivity contribution is 0.0979. The summed E-state index contributed by atoms with van der Waals surface area (Å²) in [5.41, 5.74) is 7.36. The Bertz CT molecular complexity index is 1180. The molecule has 3 aromatic rings. The number of rotatable bonds is 2. The summed E-state index contributed by atoms with van der Waals surface area (Å²) in [5.74, 6) is -1.21. The number of nitrogens with one attached hydrogen (secondary N) is 1. The molecule has 138 valence electrons. The van der Waals surface area contributed by atoms with Crippen molar-refractivity contribution in [2.75, 3.05) is 11.1 Å². The molecule has 0 saturated carbocycles. The van der Waals surface area contributed by atoms with E-state index in [2.05, 4.69) is 21.2 Å². The number of benzene rings is 3. The van der Waals surface area contributed by atoms with Gasteiger partial charge in [-0.3, -0.25) is 14.4 Å². The predicted molar refractivity (Wildman–Crippen MR) is 111 cm³/mol. The number of fused-ring (bicyclic) bond motifs is 2. The number of nitrogen functional groups attached to an aromatic ring is 1. The van der Waals surface area contributed by atoms with Crippen LogP contribution in [-0.4, -0.2) is 17.5 Å². The summed E-state index contributed by atoms with van der Waals surface area (Å²) in [7, 11) is 0. The molecule has 0 atom stereocenters. The Morgan fingerprint density at radius 3 is 2.29 bits per heavy atom. The minimum Gasteiger partial charge on any atom is -0.398 e. The van der Waals surface area contributed by atoms with E-state index in [0.29, 0.717) is 15.1 Å². The Kier molecular flexibility index (Phi) is 4.53. The normalized spacial score (nSPS) is 12.4. The predicted octanol–water partition coefficient (Wildman–Crippen LogP) is 4.71. The van der Waals surface area contributed by atoms with Crippen LogP contribution in [0.2, 0.25) is 5.02 Å². The quantitative estimate of drug-likeness (QED) is 0.428. The van der Waals surface area contributed by atoms with Gasteiger partial charge in [-0.1, -0.05) is 29.8 Å². The Morgan fingerprint density at radius 2 is 1.57 bits per heavy atom. The van der Waals surface area contributed by atoms with Gasteiger partial charge in [0.1, 0.15) is 0 Å². The van der Waals surface area contributed by atoms with Crippen LogP contribution < -0.4 is 11.1 Å². The topological polar surface area (TPSA) is 89.3 Å². The van der Waals surface area contributed by atoms with Crippen molar-refractivity contribution in [3.8, 4) is 0 Å². The zero-order valence-electron chi connectivity index (χ0n) is 14.3. The number of hydrogen-bond acceptors (Lipinski definition) is 4. The van der Waals surface area contributed by atoms with Crippen LogP contribution in [0.1, 0.15) is 42.2 Å². The molecule has 0 spiro atoms. The maximum Gasteiger partial charge on any atom is 0.255 e. The van der Waals surface area contributed by atoms with Gasteiger partial charge in [-0.15, -0.1) is 0 Å². The van der Waals surface area contributed by atoms with Crippen molar-refractivity contribution in [2.45, 2.75) is 0 Å². The first-order valence-corrected chi connectivity index (χ1v) is 9.43. The summed E-state index contributed by atoms with van der Waals surface area (Å²) in [6.45, 7) is 0. The third-order valence-electron chi connectivity index (χ3n) is 4.53. The van der Waals surface area contributed by atoms with E-state index in [1.807, 2.05) is 0 Å². The Labute approximate surface area is 173 Å². The summed E-state index contributed by atoms with van der Waals surface area (Å²) in [6, 6.07) is 14.5. The first-order valence-electron chi connectivity index (χ1n) is 8.26. The zero-order chi connectivity index (χ0) is 20.0. The van der Waals surface area contributed by atoms with E-state index in [-0.39, 0.29) is 33.6 Å². The Balaban J connectivity index is 1.86. The summed E-state index contributed by atoms with van der Waals surface area (Å²) in [4.78, 5) is 38.8. The van der Waals surface area contributed by atoms with Crippen molar-refractivity contribution in [1.82, 2.24) is 0 Å². The molecule has 5 nitrogen and oxygen atoms in total. The molecule has 1 amide bonds. The molecule has 7 heteroatoms. The van der Waals surface area contributed by atoms with Gasteiger partial charge >= 0.3 is 0 Å². The van der Waals surface area contributed by atoms with Gasteiger partial charge in [0.15, 0.2) is 11.6 Å². The molecule has 3 N–H and O–H groups in total. The third kappa shape index (κ3) is 2.91.